The first kappa shape index (κ1) is 22.4. The quantitative estimate of drug-likeness (QED) is 0.515. The predicted molar refractivity (Wildman–Crippen MR) is 114 cm³/mol. The Balaban J connectivity index is 1.63. The molecular weight excluding hydrogens is 424 g/mol. The first-order valence-corrected chi connectivity index (χ1v) is 10.5. The van der Waals surface area contributed by atoms with Gasteiger partial charge in [0.25, 0.3) is 5.91 Å². The summed E-state index contributed by atoms with van der Waals surface area (Å²) < 4.78 is 29.2. The molecule has 7 nitrogen and oxygen atoms in total. The van der Waals surface area contributed by atoms with Crippen LogP contribution in [0, 0.1) is 11.6 Å². The first-order valence-electron chi connectivity index (χ1n) is 9.50. The second kappa shape index (κ2) is 10.2. The van der Waals surface area contributed by atoms with Crippen molar-refractivity contribution >= 4 is 29.3 Å². The van der Waals surface area contributed by atoms with Crippen molar-refractivity contribution in [2.75, 3.05) is 11.1 Å². The molecular formula is C21H21F2N5O2S. The number of anilines is 1. The summed E-state index contributed by atoms with van der Waals surface area (Å²) in [7, 11) is 0. The maximum atomic E-state index is 13.8. The number of benzene rings is 2. The summed E-state index contributed by atoms with van der Waals surface area (Å²) in [5.41, 5.74) is 0.0486. The van der Waals surface area contributed by atoms with Crippen LogP contribution in [0.15, 0.2) is 53.7 Å². The molecule has 0 bridgehead atoms. The summed E-state index contributed by atoms with van der Waals surface area (Å²) in [5, 5.41) is 13.8. The van der Waals surface area contributed by atoms with E-state index in [1.807, 2.05) is 13.8 Å². The standard InChI is InChI=1S/C21H21F2N5O2S/c1-13(2)28-18(11-24-20(30)14-7-3-4-8-15(14)22)26-27-21(28)31-12-19(29)25-17-10-6-5-9-16(17)23/h3-10,13H,11-12H2,1-2H3,(H,24,30)(H,25,29). The Labute approximate surface area is 182 Å². The van der Waals surface area contributed by atoms with Gasteiger partial charge in [-0.3, -0.25) is 9.59 Å². The molecule has 0 aliphatic heterocycles. The zero-order valence-electron chi connectivity index (χ0n) is 16.9. The summed E-state index contributed by atoms with van der Waals surface area (Å²) in [6.45, 7) is 3.87. The molecule has 1 aromatic heterocycles. The SMILES string of the molecule is CC(C)n1c(CNC(=O)c2ccccc2F)nnc1SCC(=O)Nc1ccccc1F. The molecule has 2 aromatic carbocycles. The van der Waals surface area contributed by atoms with Gasteiger partial charge >= 0.3 is 0 Å². The Hall–Kier alpha value is -3.27. The third-order valence-electron chi connectivity index (χ3n) is 4.26. The molecule has 0 saturated heterocycles. The van der Waals surface area contributed by atoms with E-state index in [0.29, 0.717) is 11.0 Å². The summed E-state index contributed by atoms with van der Waals surface area (Å²) in [5.74, 6) is -1.60. The Morgan fingerprint density at radius 3 is 2.39 bits per heavy atom. The van der Waals surface area contributed by atoms with E-state index in [1.54, 1.807) is 16.7 Å². The van der Waals surface area contributed by atoms with Gasteiger partial charge in [-0.25, -0.2) is 8.78 Å². The lowest BCUT2D eigenvalue weighted by Gasteiger charge is -2.14. The summed E-state index contributed by atoms with van der Waals surface area (Å²) in [6, 6.07) is 11.6. The summed E-state index contributed by atoms with van der Waals surface area (Å²) in [4.78, 5) is 24.4. The van der Waals surface area contributed by atoms with Gasteiger partial charge in [-0.1, -0.05) is 36.0 Å². The second-order valence-corrected chi connectivity index (χ2v) is 7.78. The van der Waals surface area contributed by atoms with Crippen molar-refractivity contribution in [2.24, 2.45) is 0 Å². The van der Waals surface area contributed by atoms with Gasteiger partial charge in [0.1, 0.15) is 11.6 Å². The fraction of sp³-hybridized carbons (Fsp3) is 0.238. The highest BCUT2D eigenvalue weighted by Gasteiger charge is 2.18. The molecule has 0 radical (unpaired) electrons. The maximum Gasteiger partial charge on any atom is 0.254 e. The van der Waals surface area contributed by atoms with Crippen molar-refractivity contribution in [3.05, 3.63) is 71.6 Å². The number of rotatable bonds is 8. The van der Waals surface area contributed by atoms with Crippen molar-refractivity contribution < 1.29 is 18.4 Å². The Bertz CT molecular complexity index is 1090. The molecule has 0 aliphatic carbocycles. The van der Waals surface area contributed by atoms with Gasteiger partial charge in [-0.15, -0.1) is 10.2 Å². The van der Waals surface area contributed by atoms with Crippen LogP contribution in [-0.4, -0.2) is 32.3 Å². The summed E-state index contributed by atoms with van der Waals surface area (Å²) >= 11 is 1.14. The van der Waals surface area contributed by atoms with Crippen LogP contribution in [0.5, 0.6) is 0 Å². The fourth-order valence-corrected chi connectivity index (χ4v) is 3.71. The number of hydrogen-bond donors (Lipinski definition) is 2. The molecule has 10 heteroatoms. The lowest BCUT2D eigenvalue weighted by atomic mass is 10.2. The monoisotopic (exact) mass is 445 g/mol. The molecule has 0 atom stereocenters. The van der Waals surface area contributed by atoms with Gasteiger partial charge in [-0.2, -0.15) is 0 Å². The molecule has 0 aliphatic rings. The zero-order valence-corrected chi connectivity index (χ0v) is 17.7. The number of thioether (sulfide) groups is 1. The van der Waals surface area contributed by atoms with Crippen molar-refractivity contribution in [1.82, 2.24) is 20.1 Å². The Morgan fingerprint density at radius 2 is 1.71 bits per heavy atom. The topological polar surface area (TPSA) is 88.9 Å². The van der Waals surface area contributed by atoms with Gasteiger partial charge in [0.2, 0.25) is 5.91 Å². The van der Waals surface area contributed by atoms with Crippen LogP contribution in [0.2, 0.25) is 0 Å². The molecule has 162 valence electrons. The molecule has 0 fully saturated rings. The largest absolute Gasteiger partial charge is 0.345 e. The number of amides is 2. The predicted octanol–water partition coefficient (Wildman–Crippen LogP) is 3.80. The highest BCUT2D eigenvalue weighted by Crippen LogP contribution is 2.22. The number of para-hydroxylation sites is 1. The lowest BCUT2D eigenvalue weighted by Crippen LogP contribution is -2.26. The Morgan fingerprint density at radius 1 is 1.03 bits per heavy atom. The normalized spacial score (nSPS) is 10.9. The lowest BCUT2D eigenvalue weighted by molar-refractivity contribution is -0.113. The first-order chi connectivity index (χ1) is 14.9. The molecule has 3 aromatic rings. The van der Waals surface area contributed by atoms with Crippen LogP contribution >= 0.6 is 11.8 Å². The molecule has 2 N–H and O–H groups in total. The number of carbonyl (C=O) groups excluding carboxylic acids is 2. The molecule has 0 saturated carbocycles. The maximum absolute atomic E-state index is 13.8. The molecule has 2 amide bonds. The number of halogens is 2. The van der Waals surface area contributed by atoms with E-state index >= 15 is 0 Å². The van der Waals surface area contributed by atoms with Gasteiger partial charge < -0.3 is 15.2 Å². The third-order valence-corrected chi connectivity index (χ3v) is 5.20. The van der Waals surface area contributed by atoms with Crippen LogP contribution in [0.25, 0.3) is 0 Å². The Kier molecular flexibility index (Phi) is 7.35. The number of carbonyl (C=O) groups is 2. The van der Waals surface area contributed by atoms with E-state index in [2.05, 4.69) is 20.8 Å². The third kappa shape index (κ3) is 5.66. The van der Waals surface area contributed by atoms with Crippen molar-refractivity contribution in [3.63, 3.8) is 0 Å². The average Bonchev–Trinajstić information content (AvgIpc) is 3.16. The highest BCUT2D eigenvalue weighted by molar-refractivity contribution is 7.99. The minimum atomic E-state index is -0.609. The number of hydrogen-bond acceptors (Lipinski definition) is 5. The van der Waals surface area contributed by atoms with E-state index in [0.717, 1.165) is 11.8 Å². The summed E-state index contributed by atoms with van der Waals surface area (Å²) in [6.07, 6.45) is 0. The van der Waals surface area contributed by atoms with Crippen LogP contribution in [-0.2, 0) is 11.3 Å². The average molecular weight is 445 g/mol. The number of nitrogens with zero attached hydrogens (tertiary/aromatic N) is 3. The number of aromatic nitrogens is 3. The van der Waals surface area contributed by atoms with Crippen LogP contribution in [0.1, 0.15) is 36.1 Å². The van der Waals surface area contributed by atoms with Crippen molar-refractivity contribution in [3.8, 4) is 0 Å². The minimum absolute atomic E-state index is 0.000767. The van der Waals surface area contributed by atoms with Crippen LogP contribution < -0.4 is 10.6 Å². The van der Waals surface area contributed by atoms with E-state index in [9.17, 15) is 18.4 Å². The molecule has 31 heavy (non-hydrogen) atoms. The molecule has 3 rings (SSSR count). The van der Waals surface area contributed by atoms with Crippen molar-refractivity contribution in [2.45, 2.75) is 31.6 Å². The van der Waals surface area contributed by atoms with E-state index in [4.69, 9.17) is 0 Å². The van der Waals surface area contributed by atoms with Crippen LogP contribution in [0.4, 0.5) is 14.5 Å². The van der Waals surface area contributed by atoms with E-state index in [-0.39, 0.29) is 35.5 Å². The molecule has 1 heterocycles. The van der Waals surface area contributed by atoms with E-state index in [1.165, 1.54) is 36.4 Å². The van der Waals surface area contributed by atoms with Gasteiger partial charge in [0.05, 0.1) is 23.5 Å². The van der Waals surface area contributed by atoms with Crippen LogP contribution in [0.3, 0.4) is 0 Å². The zero-order chi connectivity index (χ0) is 22.4. The highest BCUT2D eigenvalue weighted by atomic mass is 32.2. The van der Waals surface area contributed by atoms with Crippen molar-refractivity contribution in [1.29, 1.82) is 0 Å². The second-order valence-electron chi connectivity index (χ2n) is 6.84. The molecule has 0 spiro atoms. The number of nitrogens with one attached hydrogen (secondary N) is 2. The minimum Gasteiger partial charge on any atom is -0.345 e. The van der Waals surface area contributed by atoms with Gasteiger partial charge in [-0.05, 0) is 38.1 Å². The molecule has 0 unspecified atom stereocenters. The smallest absolute Gasteiger partial charge is 0.254 e. The van der Waals surface area contributed by atoms with E-state index < -0.39 is 17.5 Å². The fourth-order valence-electron chi connectivity index (χ4n) is 2.82. The van der Waals surface area contributed by atoms with Gasteiger partial charge in [0.15, 0.2) is 11.0 Å². The van der Waals surface area contributed by atoms with Gasteiger partial charge in [0, 0.05) is 6.04 Å².